The molecule has 1 amide bonds. The summed E-state index contributed by atoms with van der Waals surface area (Å²) < 4.78 is 26.1. The van der Waals surface area contributed by atoms with Crippen LogP contribution in [0, 0.1) is 11.6 Å². The first kappa shape index (κ1) is 14.0. The van der Waals surface area contributed by atoms with Crippen LogP contribution >= 0.6 is 0 Å². The molecule has 2 rings (SSSR count). The number of hydrogen-bond donors (Lipinski definition) is 2. The molecule has 0 aliphatic rings. The van der Waals surface area contributed by atoms with Gasteiger partial charge in [0.15, 0.2) is 0 Å². The minimum absolute atomic E-state index is 0.0638. The highest BCUT2D eigenvalue weighted by Crippen LogP contribution is 2.17. The van der Waals surface area contributed by atoms with Crippen LogP contribution in [0.5, 0.6) is 0 Å². The predicted octanol–water partition coefficient (Wildman–Crippen LogP) is 3.04. The highest BCUT2D eigenvalue weighted by Gasteiger charge is 2.14. The van der Waals surface area contributed by atoms with E-state index in [-0.39, 0.29) is 23.1 Å². The van der Waals surface area contributed by atoms with E-state index in [0.29, 0.717) is 5.56 Å². The maximum Gasteiger partial charge on any atom is 0.253 e. The molecule has 20 heavy (non-hydrogen) atoms. The quantitative estimate of drug-likeness (QED) is 0.847. The Hall–Kier alpha value is -2.43. The number of nitrogens with one attached hydrogen (secondary N) is 1. The molecule has 0 aliphatic carbocycles. The van der Waals surface area contributed by atoms with Crippen LogP contribution in [0.3, 0.4) is 0 Å². The Kier molecular flexibility index (Phi) is 3.98. The summed E-state index contributed by atoms with van der Waals surface area (Å²) in [6.45, 7) is 1.73. The van der Waals surface area contributed by atoms with E-state index >= 15 is 0 Å². The zero-order valence-electron chi connectivity index (χ0n) is 10.9. The van der Waals surface area contributed by atoms with Gasteiger partial charge < -0.3 is 11.1 Å². The molecule has 0 fully saturated rings. The van der Waals surface area contributed by atoms with Gasteiger partial charge in [0.05, 0.1) is 11.6 Å². The molecule has 3 nitrogen and oxygen atoms in total. The second-order valence-electron chi connectivity index (χ2n) is 4.48. The van der Waals surface area contributed by atoms with Gasteiger partial charge >= 0.3 is 0 Å². The molecule has 0 bridgehead atoms. The van der Waals surface area contributed by atoms with E-state index < -0.39 is 11.7 Å². The molecule has 1 atom stereocenters. The van der Waals surface area contributed by atoms with Gasteiger partial charge in [0.1, 0.15) is 11.6 Å². The first-order valence-corrected chi connectivity index (χ1v) is 6.08. The summed E-state index contributed by atoms with van der Waals surface area (Å²) in [4.78, 5) is 12.0. The fourth-order valence-electron chi connectivity index (χ4n) is 1.87. The molecular formula is C15H14F2N2O. The van der Waals surface area contributed by atoms with E-state index in [1.165, 1.54) is 18.2 Å². The molecule has 0 aliphatic heterocycles. The summed E-state index contributed by atoms with van der Waals surface area (Å²) >= 11 is 0. The second-order valence-corrected chi connectivity index (χ2v) is 4.48. The molecule has 0 saturated heterocycles. The lowest BCUT2D eigenvalue weighted by Gasteiger charge is -2.15. The van der Waals surface area contributed by atoms with E-state index in [2.05, 4.69) is 5.32 Å². The Labute approximate surface area is 115 Å². The third-order valence-electron chi connectivity index (χ3n) is 2.95. The van der Waals surface area contributed by atoms with Crippen LogP contribution in [0.25, 0.3) is 0 Å². The van der Waals surface area contributed by atoms with Crippen molar-refractivity contribution in [3.8, 4) is 0 Å². The number of carbonyl (C=O) groups excluding carboxylic acids is 1. The number of halogens is 2. The first-order valence-electron chi connectivity index (χ1n) is 6.08. The minimum atomic E-state index is -0.503. The Morgan fingerprint density at radius 1 is 1.15 bits per heavy atom. The van der Waals surface area contributed by atoms with Crippen molar-refractivity contribution >= 4 is 11.6 Å². The predicted molar refractivity (Wildman–Crippen MR) is 73.1 cm³/mol. The fourth-order valence-corrected chi connectivity index (χ4v) is 1.87. The van der Waals surface area contributed by atoms with Crippen molar-refractivity contribution in [1.82, 2.24) is 5.32 Å². The van der Waals surface area contributed by atoms with E-state index in [9.17, 15) is 13.6 Å². The van der Waals surface area contributed by atoms with Crippen LogP contribution in [0.4, 0.5) is 14.5 Å². The van der Waals surface area contributed by atoms with Crippen LogP contribution in [-0.4, -0.2) is 5.91 Å². The van der Waals surface area contributed by atoms with Gasteiger partial charge in [0, 0.05) is 5.69 Å². The van der Waals surface area contributed by atoms with Crippen LogP contribution < -0.4 is 11.1 Å². The van der Waals surface area contributed by atoms with Crippen molar-refractivity contribution in [2.24, 2.45) is 0 Å². The van der Waals surface area contributed by atoms with E-state index in [4.69, 9.17) is 5.73 Å². The molecule has 0 spiro atoms. The maximum absolute atomic E-state index is 13.1. The van der Waals surface area contributed by atoms with Gasteiger partial charge in [-0.15, -0.1) is 0 Å². The Morgan fingerprint density at radius 2 is 1.85 bits per heavy atom. The maximum atomic E-state index is 13.1. The van der Waals surface area contributed by atoms with E-state index in [0.717, 1.165) is 12.1 Å². The number of carbonyl (C=O) groups is 1. The third kappa shape index (κ3) is 3.12. The zero-order chi connectivity index (χ0) is 14.7. The van der Waals surface area contributed by atoms with Gasteiger partial charge in [-0.3, -0.25) is 4.79 Å². The molecule has 0 saturated carbocycles. The smallest absolute Gasteiger partial charge is 0.253 e. The monoisotopic (exact) mass is 276 g/mol. The molecule has 0 radical (unpaired) electrons. The van der Waals surface area contributed by atoms with E-state index in [1.807, 2.05) is 0 Å². The summed E-state index contributed by atoms with van der Waals surface area (Å²) in [6.07, 6.45) is 0. The first-order chi connectivity index (χ1) is 9.47. The van der Waals surface area contributed by atoms with Crippen LogP contribution in [0.15, 0.2) is 42.5 Å². The number of nitrogen functional groups attached to an aromatic ring is 1. The standard InChI is InChI=1S/C15H14F2N2O/c1-9(10-3-2-4-11(16)7-10)19-15(20)13-6-5-12(17)8-14(13)18/h2-9H,18H2,1H3,(H,19,20)/t9-/m0/s1. The molecular weight excluding hydrogens is 262 g/mol. The lowest BCUT2D eigenvalue weighted by atomic mass is 10.1. The normalized spacial score (nSPS) is 11.9. The van der Waals surface area contributed by atoms with Gasteiger partial charge in [0.2, 0.25) is 0 Å². The summed E-state index contributed by atoms with van der Waals surface area (Å²) in [7, 11) is 0. The molecule has 2 aromatic carbocycles. The van der Waals surface area contributed by atoms with Crippen LogP contribution in [0.1, 0.15) is 28.9 Å². The second kappa shape index (κ2) is 5.69. The van der Waals surface area contributed by atoms with Crippen molar-refractivity contribution in [3.05, 3.63) is 65.2 Å². The largest absolute Gasteiger partial charge is 0.398 e. The van der Waals surface area contributed by atoms with Crippen molar-refractivity contribution in [3.63, 3.8) is 0 Å². The lowest BCUT2D eigenvalue weighted by Crippen LogP contribution is -2.27. The molecule has 3 N–H and O–H groups in total. The van der Waals surface area contributed by atoms with Crippen LogP contribution in [0.2, 0.25) is 0 Å². The van der Waals surface area contributed by atoms with Crippen molar-refractivity contribution in [2.45, 2.75) is 13.0 Å². The SMILES string of the molecule is C[C@H](NC(=O)c1ccc(F)cc1N)c1cccc(F)c1. The average molecular weight is 276 g/mol. The number of anilines is 1. The van der Waals surface area contributed by atoms with Gasteiger partial charge in [-0.1, -0.05) is 12.1 Å². The Morgan fingerprint density at radius 3 is 2.50 bits per heavy atom. The molecule has 0 aromatic heterocycles. The topological polar surface area (TPSA) is 55.1 Å². The fraction of sp³-hybridized carbons (Fsp3) is 0.133. The Bertz CT molecular complexity index is 644. The molecule has 5 heteroatoms. The van der Waals surface area contributed by atoms with Crippen molar-refractivity contribution in [2.75, 3.05) is 5.73 Å². The summed E-state index contributed by atoms with van der Waals surface area (Å²) in [5.74, 6) is -1.30. The molecule has 0 heterocycles. The van der Waals surface area contributed by atoms with Gasteiger partial charge in [-0.05, 0) is 42.8 Å². The zero-order valence-corrected chi connectivity index (χ0v) is 10.9. The number of nitrogens with two attached hydrogens (primary N) is 1. The number of amides is 1. The molecule has 104 valence electrons. The minimum Gasteiger partial charge on any atom is -0.398 e. The van der Waals surface area contributed by atoms with Crippen molar-refractivity contribution in [1.29, 1.82) is 0 Å². The third-order valence-corrected chi connectivity index (χ3v) is 2.95. The van der Waals surface area contributed by atoms with Crippen molar-refractivity contribution < 1.29 is 13.6 Å². The average Bonchev–Trinajstić information content (AvgIpc) is 2.38. The van der Waals surface area contributed by atoms with Gasteiger partial charge in [0.25, 0.3) is 5.91 Å². The van der Waals surface area contributed by atoms with Crippen LogP contribution in [-0.2, 0) is 0 Å². The summed E-state index contributed by atoms with van der Waals surface area (Å²) in [6, 6.07) is 9.14. The molecule has 0 unspecified atom stereocenters. The number of hydrogen-bond acceptors (Lipinski definition) is 2. The van der Waals surface area contributed by atoms with Gasteiger partial charge in [-0.2, -0.15) is 0 Å². The lowest BCUT2D eigenvalue weighted by molar-refractivity contribution is 0.0940. The Balaban J connectivity index is 2.15. The number of rotatable bonds is 3. The summed E-state index contributed by atoms with van der Waals surface area (Å²) in [5, 5.41) is 2.69. The highest BCUT2D eigenvalue weighted by molar-refractivity contribution is 5.99. The molecule has 2 aromatic rings. The number of benzene rings is 2. The highest BCUT2D eigenvalue weighted by atomic mass is 19.1. The van der Waals surface area contributed by atoms with Gasteiger partial charge in [-0.25, -0.2) is 8.78 Å². The van der Waals surface area contributed by atoms with E-state index in [1.54, 1.807) is 19.1 Å². The summed E-state index contributed by atoms with van der Waals surface area (Å²) in [5.41, 5.74) is 6.49.